The Balaban J connectivity index is 0. The highest BCUT2D eigenvalue weighted by Gasteiger charge is 2.00. The van der Waals surface area contributed by atoms with Crippen molar-refractivity contribution >= 4 is 23.9 Å². The summed E-state index contributed by atoms with van der Waals surface area (Å²) in [5, 5.41) is 31.6. The van der Waals surface area contributed by atoms with E-state index in [-0.39, 0.29) is 12.8 Å². The standard InChI is InChI=1S/C4H6O5.C4H6O4/c5-3(6)1-9-2-4(7)8;5-3(6)1-2-4(7)8/h1-2H2,(H,5,6)(H,7,8);1-2H2,(H,5,6)(H,7,8). The zero-order chi connectivity index (χ0) is 13.8. The summed E-state index contributed by atoms with van der Waals surface area (Å²) in [6.45, 7) is -1.13. The lowest BCUT2D eigenvalue weighted by atomic mass is 10.3. The Labute approximate surface area is 95.2 Å². The third-order valence-corrected chi connectivity index (χ3v) is 1.00. The third kappa shape index (κ3) is 24.8. The van der Waals surface area contributed by atoms with Gasteiger partial charge in [0.25, 0.3) is 0 Å². The summed E-state index contributed by atoms with van der Waals surface area (Å²) in [5.74, 6) is -4.49. The van der Waals surface area contributed by atoms with Crippen LogP contribution >= 0.6 is 0 Å². The minimum Gasteiger partial charge on any atom is -0.481 e. The molecule has 17 heavy (non-hydrogen) atoms. The Morgan fingerprint density at radius 1 is 0.647 bits per heavy atom. The molecule has 0 fully saturated rings. The highest BCUT2D eigenvalue weighted by Crippen LogP contribution is 1.86. The number of hydrogen-bond acceptors (Lipinski definition) is 5. The molecule has 0 rings (SSSR count). The van der Waals surface area contributed by atoms with Gasteiger partial charge in [-0.25, -0.2) is 9.59 Å². The van der Waals surface area contributed by atoms with Crippen LogP contribution in [-0.2, 0) is 23.9 Å². The molecule has 4 N–H and O–H groups in total. The molecule has 9 nitrogen and oxygen atoms in total. The van der Waals surface area contributed by atoms with Gasteiger partial charge in [-0.15, -0.1) is 0 Å². The number of ether oxygens (including phenoxy) is 1. The summed E-state index contributed by atoms with van der Waals surface area (Å²) in [7, 11) is 0. The molecule has 0 amide bonds. The quantitative estimate of drug-likeness (QED) is 0.450. The van der Waals surface area contributed by atoms with Gasteiger partial charge in [0.2, 0.25) is 0 Å². The summed E-state index contributed by atoms with van der Waals surface area (Å²) >= 11 is 0. The zero-order valence-electron chi connectivity index (χ0n) is 8.66. The first-order valence-electron chi connectivity index (χ1n) is 4.20. The topological polar surface area (TPSA) is 158 Å². The summed E-state index contributed by atoms with van der Waals surface area (Å²) in [5.41, 5.74) is 0. The van der Waals surface area contributed by atoms with Crippen molar-refractivity contribution in [3.63, 3.8) is 0 Å². The van der Waals surface area contributed by atoms with Gasteiger partial charge in [-0.2, -0.15) is 0 Å². The molecule has 9 heteroatoms. The van der Waals surface area contributed by atoms with Gasteiger partial charge >= 0.3 is 23.9 Å². The van der Waals surface area contributed by atoms with E-state index in [2.05, 4.69) is 4.74 Å². The molecular formula is C8H12O9. The number of rotatable bonds is 7. The summed E-state index contributed by atoms with van der Waals surface area (Å²) in [6, 6.07) is 0. The molecule has 0 spiro atoms. The van der Waals surface area contributed by atoms with E-state index in [9.17, 15) is 19.2 Å². The van der Waals surface area contributed by atoms with E-state index in [4.69, 9.17) is 20.4 Å². The molecule has 0 aromatic heterocycles. The molecule has 0 heterocycles. The average Bonchev–Trinajstić information content (AvgIpc) is 2.14. The Bertz CT molecular complexity index is 255. The van der Waals surface area contributed by atoms with Crippen LogP contribution in [0.15, 0.2) is 0 Å². The van der Waals surface area contributed by atoms with Crippen molar-refractivity contribution in [2.24, 2.45) is 0 Å². The molecule has 0 aliphatic heterocycles. The predicted octanol–water partition coefficient (Wildman–Crippen LogP) is -0.892. The summed E-state index contributed by atoms with van der Waals surface area (Å²) in [6.07, 6.45) is -0.593. The molecule has 0 bridgehead atoms. The van der Waals surface area contributed by atoms with Crippen molar-refractivity contribution in [3.05, 3.63) is 0 Å². The fourth-order valence-electron chi connectivity index (χ4n) is 0.440. The number of aliphatic carboxylic acids is 4. The number of carboxylic acid groups (broad SMARTS) is 4. The van der Waals surface area contributed by atoms with Crippen molar-refractivity contribution < 1.29 is 44.3 Å². The highest BCUT2D eigenvalue weighted by atomic mass is 16.5. The number of hydrogen-bond donors (Lipinski definition) is 4. The van der Waals surface area contributed by atoms with Crippen LogP contribution in [0.5, 0.6) is 0 Å². The van der Waals surface area contributed by atoms with E-state index in [1.54, 1.807) is 0 Å². The van der Waals surface area contributed by atoms with Crippen LogP contribution in [0.1, 0.15) is 12.8 Å². The van der Waals surface area contributed by atoms with E-state index < -0.39 is 37.1 Å². The van der Waals surface area contributed by atoms with Gasteiger partial charge in [0.05, 0.1) is 12.8 Å². The summed E-state index contributed by atoms with van der Waals surface area (Å²) < 4.78 is 4.16. The smallest absolute Gasteiger partial charge is 0.329 e. The Kier molecular flexibility index (Phi) is 10.5. The predicted molar refractivity (Wildman–Crippen MR) is 50.6 cm³/mol. The fourth-order valence-corrected chi connectivity index (χ4v) is 0.440. The van der Waals surface area contributed by atoms with Gasteiger partial charge < -0.3 is 25.2 Å². The van der Waals surface area contributed by atoms with Crippen LogP contribution in [0, 0.1) is 0 Å². The lowest BCUT2D eigenvalue weighted by Crippen LogP contribution is -2.13. The Morgan fingerprint density at radius 2 is 0.941 bits per heavy atom. The molecule has 0 saturated heterocycles. The van der Waals surface area contributed by atoms with Crippen molar-refractivity contribution in [3.8, 4) is 0 Å². The fraction of sp³-hybridized carbons (Fsp3) is 0.500. The second-order valence-electron chi connectivity index (χ2n) is 2.57. The lowest BCUT2D eigenvalue weighted by Gasteiger charge is -1.92. The van der Waals surface area contributed by atoms with E-state index in [0.717, 1.165) is 0 Å². The van der Waals surface area contributed by atoms with Gasteiger partial charge in [0.1, 0.15) is 13.2 Å². The van der Waals surface area contributed by atoms with Crippen molar-refractivity contribution in [1.29, 1.82) is 0 Å². The lowest BCUT2D eigenvalue weighted by molar-refractivity contribution is -0.148. The maximum atomic E-state index is 9.66. The maximum absolute atomic E-state index is 9.66. The minimum absolute atomic E-state index is 0.296. The van der Waals surface area contributed by atoms with Crippen molar-refractivity contribution in [2.75, 3.05) is 13.2 Å². The first-order valence-corrected chi connectivity index (χ1v) is 4.20. The second-order valence-corrected chi connectivity index (χ2v) is 2.57. The van der Waals surface area contributed by atoms with Crippen molar-refractivity contribution in [1.82, 2.24) is 0 Å². The first-order chi connectivity index (χ1) is 7.75. The molecule has 0 aliphatic carbocycles. The van der Waals surface area contributed by atoms with Gasteiger partial charge in [-0.3, -0.25) is 9.59 Å². The van der Waals surface area contributed by atoms with E-state index in [1.807, 2.05) is 0 Å². The number of carbonyl (C=O) groups is 4. The van der Waals surface area contributed by atoms with Crippen LogP contribution in [0.2, 0.25) is 0 Å². The van der Waals surface area contributed by atoms with Gasteiger partial charge in [0, 0.05) is 0 Å². The maximum Gasteiger partial charge on any atom is 0.329 e. The van der Waals surface area contributed by atoms with Crippen LogP contribution in [0.25, 0.3) is 0 Å². The second kappa shape index (κ2) is 10.4. The molecule has 0 aromatic rings. The van der Waals surface area contributed by atoms with Crippen LogP contribution in [0.3, 0.4) is 0 Å². The van der Waals surface area contributed by atoms with E-state index in [1.165, 1.54) is 0 Å². The zero-order valence-corrected chi connectivity index (χ0v) is 8.66. The molecule has 98 valence electrons. The first kappa shape index (κ1) is 17.2. The molecule has 0 aromatic carbocycles. The largest absolute Gasteiger partial charge is 0.481 e. The molecule has 0 radical (unpaired) electrons. The molecular weight excluding hydrogens is 240 g/mol. The Morgan fingerprint density at radius 3 is 1.12 bits per heavy atom. The molecule has 0 aliphatic rings. The molecule has 0 atom stereocenters. The number of carboxylic acids is 4. The van der Waals surface area contributed by atoms with Crippen LogP contribution in [-0.4, -0.2) is 57.5 Å². The van der Waals surface area contributed by atoms with Gasteiger partial charge in [-0.05, 0) is 0 Å². The molecule has 0 unspecified atom stereocenters. The molecule has 0 saturated carbocycles. The minimum atomic E-state index is -1.17. The Hall–Kier alpha value is -2.16. The normalized spacial score (nSPS) is 8.71. The van der Waals surface area contributed by atoms with E-state index in [0.29, 0.717) is 0 Å². The van der Waals surface area contributed by atoms with Crippen molar-refractivity contribution in [2.45, 2.75) is 12.8 Å². The van der Waals surface area contributed by atoms with Gasteiger partial charge in [0.15, 0.2) is 0 Å². The third-order valence-electron chi connectivity index (χ3n) is 1.00. The van der Waals surface area contributed by atoms with E-state index >= 15 is 0 Å². The average molecular weight is 252 g/mol. The SMILES string of the molecule is O=C(O)CCC(=O)O.O=C(O)COCC(=O)O. The van der Waals surface area contributed by atoms with Gasteiger partial charge in [-0.1, -0.05) is 0 Å². The monoisotopic (exact) mass is 252 g/mol. The highest BCUT2D eigenvalue weighted by molar-refractivity contribution is 5.75. The van der Waals surface area contributed by atoms with Crippen LogP contribution < -0.4 is 0 Å². The van der Waals surface area contributed by atoms with Crippen LogP contribution in [0.4, 0.5) is 0 Å². The summed E-state index contributed by atoms with van der Waals surface area (Å²) in [4.78, 5) is 38.6.